The van der Waals surface area contributed by atoms with E-state index in [1.165, 1.54) is 0 Å². The Morgan fingerprint density at radius 1 is 1.11 bits per heavy atom. The van der Waals surface area contributed by atoms with Crippen molar-refractivity contribution in [2.24, 2.45) is 4.99 Å². The molecular formula is C22H31N5O. The largest absolute Gasteiger partial charge is 0.489 e. The third-order valence-electron chi connectivity index (χ3n) is 3.95. The second-order valence-electron chi connectivity index (χ2n) is 6.18. The number of anilines is 1. The molecule has 1 aromatic heterocycles. The van der Waals surface area contributed by atoms with Crippen molar-refractivity contribution in [3.63, 3.8) is 0 Å². The van der Waals surface area contributed by atoms with Gasteiger partial charge in [0.2, 0.25) is 0 Å². The van der Waals surface area contributed by atoms with Gasteiger partial charge in [-0.2, -0.15) is 0 Å². The summed E-state index contributed by atoms with van der Waals surface area (Å²) in [5, 5.41) is 10.0. The summed E-state index contributed by atoms with van der Waals surface area (Å²) >= 11 is 0. The first kappa shape index (κ1) is 21.3. The number of para-hydroxylation sites is 1. The number of ether oxygens (including phenoxy) is 1. The van der Waals surface area contributed by atoms with Crippen molar-refractivity contribution < 1.29 is 4.74 Å². The van der Waals surface area contributed by atoms with Gasteiger partial charge in [-0.25, -0.2) is 9.98 Å². The van der Waals surface area contributed by atoms with Crippen molar-refractivity contribution >= 4 is 11.8 Å². The molecule has 0 spiro atoms. The molecule has 6 nitrogen and oxygen atoms in total. The van der Waals surface area contributed by atoms with Gasteiger partial charge < -0.3 is 20.7 Å². The quantitative estimate of drug-likeness (QED) is 0.227. The minimum absolute atomic E-state index is 0.492. The molecule has 0 radical (unpaired) electrons. The van der Waals surface area contributed by atoms with Crippen LogP contribution in [-0.4, -0.2) is 37.2 Å². The number of rotatable bonds is 12. The molecule has 1 heterocycles. The number of nitrogens with zero attached hydrogens (tertiary/aromatic N) is 2. The number of aromatic nitrogens is 1. The van der Waals surface area contributed by atoms with E-state index in [1.807, 2.05) is 42.5 Å². The Morgan fingerprint density at radius 2 is 1.93 bits per heavy atom. The molecule has 0 aliphatic rings. The zero-order valence-electron chi connectivity index (χ0n) is 16.7. The Hall–Kier alpha value is -3.02. The molecule has 150 valence electrons. The Kier molecular flexibility index (Phi) is 10.0. The molecule has 0 saturated heterocycles. The summed E-state index contributed by atoms with van der Waals surface area (Å²) in [6.07, 6.45) is 5.64. The fraction of sp³-hybridized carbons (Fsp3) is 0.364. The molecule has 0 bridgehead atoms. The van der Waals surface area contributed by atoms with Gasteiger partial charge in [-0.15, -0.1) is 0 Å². The van der Waals surface area contributed by atoms with E-state index in [1.54, 1.807) is 12.3 Å². The van der Waals surface area contributed by atoms with Crippen LogP contribution in [0.4, 0.5) is 5.82 Å². The highest BCUT2D eigenvalue weighted by Gasteiger charge is 2.03. The molecule has 0 unspecified atom stereocenters. The number of nitrogens with one attached hydrogen (secondary N) is 3. The lowest BCUT2D eigenvalue weighted by molar-refractivity contribution is 0.359. The van der Waals surface area contributed by atoms with Gasteiger partial charge in [0.15, 0.2) is 5.96 Å². The smallest absolute Gasteiger partial charge is 0.191 e. The van der Waals surface area contributed by atoms with Crippen LogP contribution in [0.2, 0.25) is 0 Å². The molecule has 0 atom stereocenters. The number of aliphatic imine (C=N–C) groups is 1. The standard InChI is InChI=1S/C22H31N5O/c1-3-17-28-20-12-6-5-11-19(20)18-27-22(23-4-2)26-16-10-9-15-25-21-13-7-8-14-24-21/h3,5-8,11-14H,1,4,9-10,15-18H2,2H3,(H,24,25)(H2,23,26,27). The average Bonchev–Trinajstić information content (AvgIpc) is 2.74. The summed E-state index contributed by atoms with van der Waals surface area (Å²) in [6.45, 7) is 9.40. The molecule has 3 N–H and O–H groups in total. The Labute approximate surface area is 168 Å². The molecular weight excluding hydrogens is 350 g/mol. The van der Waals surface area contributed by atoms with Crippen molar-refractivity contribution in [3.8, 4) is 5.75 Å². The van der Waals surface area contributed by atoms with Gasteiger partial charge in [-0.3, -0.25) is 0 Å². The highest BCUT2D eigenvalue weighted by Crippen LogP contribution is 2.18. The van der Waals surface area contributed by atoms with Crippen LogP contribution >= 0.6 is 0 Å². The van der Waals surface area contributed by atoms with Gasteiger partial charge in [-0.05, 0) is 38.0 Å². The van der Waals surface area contributed by atoms with Gasteiger partial charge in [0.25, 0.3) is 0 Å². The van der Waals surface area contributed by atoms with E-state index in [-0.39, 0.29) is 0 Å². The van der Waals surface area contributed by atoms with Gasteiger partial charge in [0.1, 0.15) is 18.2 Å². The Balaban J connectivity index is 1.75. The highest BCUT2D eigenvalue weighted by atomic mass is 16.5. The van der Waals surface area contributed by atoms with Gasteiger partial charge >= 0.3 is 0 Å². The minimum atomic E-state index is 0.492. The average molecular weight is 382 g/mol. The highest BCUT2D eigenvalue weighted by molar-refractivity contribution is 5.79. The first-order chi connectivity index (χ1) is 13.8. The summed E-state index contributed by atoms with van der Waals surface area (Å²) in [7, 11) is 0. The number of hydrogen-bond acceptors (Lipinski definition) is 4. The van der Waals surface area contributed by atoms with E-state index in [4.69, 9.17) is 4.74 Å². The number of unbranched alkanes of at least 4 members (excludes halogenated alkanes) is 1. The summed E-state index contributed by atoms with van der Waals surface area (Å²) in [5.74, 6) is 2.59. The molecule has 0 aliphatic carbocycles. The number of pyridine rings is 1. The van der Waals surface area contributed by atoms with Crippen molar-refractivity contribution in [2.45, 2.75) is 26.3 Å². The van der Waals surface area contributed by atoms with Crippen LogP contribution in [-0.2, 0) is 6.54 Å². The Morgan fingerprint density at radius 3 is 2.71 bits per heavy atom. The molecule has 2 aromatic rings. The van der Waals surface area contributed by atoms with E-state index in [0.717, 1.165) is 55.6 Å². The van der Waals surface area contributed by atoms with Crippen molar-refractivity contribution in [3.05, 3.63) is 66.9 Å². The summed E-state index contributed by atoms with van der Waals surface area (Å²) in [5.41, 5.74) is 1.06. The fourth-order valence-corrected chi connectivity index (χ4v) is 2.57. The van der Waals surface area contributed by atoms with Gasteiger partial charge in [0, 0.05) is 31.4 Å². The summed E-state index contributed by atoms with van der Waals surface area (Å²) in [4.78, 5) is 8.94. The third-order valence-corrected chi connectivity index (χ3v) is 3.95. The second-order valence-corrected chi connectivity index (χ2v) is 6.18. The molecule has 28 heavy (non-hydrogen) atoms. The second kappa shape index (κ2) is 13.2. The van der Waals surface area contributed by atoms with Crippen molar-refractivity contribution in [1.82, 2.24) is 15.6 Å². The SMILES string of the molecule is C=CCOc1ccccc1CN=C(NCC)NCCCCNc1ccccn1. The maximum atomic E-state index is 5.70. The van der Waals surface area contributed by atoms with Crippen LogP contribution in [0.1, 0.15) is 25.3 Å². The lowest BCUT2D eigenvalue weighted by atomic mass is 10.2. The molecule has 0 saturated carbocycles. The predicted molar refractivity (Wildman–Crippen MR) is 117 cm³/mol. The van der Waals surface area contributed by atoms with Crippen molar-refractivity contribution in [2.75, 3.05) is 31.6 Å². The maximum Gasteiger partial charge on any atom is 0.191 e. The molecule has 0 fully saturated rings. The van der Waals surface area contributed by atoms with Crippen LogP contribution in [0.3, 0.4) is 0 Å². The maximum absolute atomic E-state index is 5.70. The van der Waals surface area contributed by atoms with Crippen LogP contribution in [0.15, 0.2) is 66.3 Å². The summed E-state index contributed by atoms with van der Waals surface area (Å²) < 4.78 is 5.70. The predicted octanol–water partition coefficient (Wildman–Crippen LogP) is 3.59. The fourth-order valence-electron chi connectivity index (χ4n) is 2.57. The minimum Gasteiger partial charge on any atom is -0.489 e. The van der Waals surface area contributed by atoms with E-state index in [2.05, 4.69) is 39.4 Å². The number of hydrogen-bond donors (Lipinski definition) is 3. The van der Waals surface area contributed by atoms with Crippen molar-refractivity contribution in [1.29, 1.82) is 0 Å². The normalized spacial score (nSPS) is 11.0. The Bertz CT molecular complexity index is 718. The van der Waals surface area contributed by atoms with Crippen LogP contribution in [0, 0.1) is 0 Å². The lowest BCUT2D eigenvalue weighted by Crippen LogP contribution is -2.37. The van der Waals surface area contributed by atoms with E-state index in [9.17, 15) is 0 Å². The van der Waals surface area contributed by atoms with Crippen LogP contribution < -0.4 is 20.7 Å². The topological polar surface area (TPSA) is 70.6 Å². The molecule has 0 amide bonds. The zero-order chi connectivity index (χ0) is 19.9. The molecule has 6 heteroatoms. The van der Waals surface area contributed by atoms with Crippen LogP contribution in [0.25, 0.3) is 0 Å². The molecule has 0 aliphatic heterocycles. The van der Waals surface area contributed by atoms with E-state index in [0.29, 0.717) is 13.2 Å². The van der Waals surface area contributed by atoms with E-state index < -0.39 is 0 Å². The lowest BCUT2D eigenvalue weighted by Gasteiger charge is -2.13. The summed E-state index contributed by atoms with van der Waals surface area (Å²) in [6, 6.07) is 13.8. The van der Waals surface area contributed by atoms with Gasteiger partial charge in [-0.1, -0.05) is 36.9 Å². The number of guanidine groups is 1. The zero-order valence-corrected chi connectivity index (χ0v) is 16.7. The first-order valence-electron chi connectivity index (χ1n) is 9.82. The monoisotopic (exact) mass is 381 g/mol. The molecule has 2 rings (SSSR count). The van der Waals surface area contributed by atoms with Crippen LogP contribution in [0.5, 0.6) is 5.75 Å². The van der Waals surface area contributed by atoms with E-state index >= 15 is 0 Å². The molecule has 1 aromatic carbocycles. The number of benzene rings is 1. The first-order valence-corrected chi connectivity index (χ1v) is 9.82. The third kappa shape index (κ3) is 8.12. The van der Waals surface area contributed by atoms with Gasteiger partial charge in [0.05, 0.1) is 6.54 Å².